The molecule has 2 aromatic rings. The molecule has 0 radical (unpaired) electrons. The molecular weight excluding hydrogens is 400 g/mol. The first kappa shape index (κ1) is 22.3. The summed E-state index contributed by atoms with van der Waals surface area (Å²) in [6.07, 6.45) is 0.948. The SMILES string of the molecule is CCS(=O)(=O)N1CCC(C(=O)N(C)Cc2ccc(OC)cc2)(c2ccccc2)CC1. The molecule has 30 heavy (non-hydrogen) atoms. The highest BCUT2D eigenvalue weighted by atomic mass is 32.2. The summed E-state index contributed by atoms with van der Waals surface area (Å²) in [6.45, 7) is 2.84. The predicted molar refractivity (Wildman–Crippen MR) is 118 cm³/mol. The fourth-order valence-corrected chi connectivity index (χ4v) is 5.26. The molecule has 1 heterocycles. The second kappa shape index (κ2) is 9.18. The third kappa shape index (κ3) is 4.52. The Hall–Kier alpha value is -2.38. The summed E-state index contributed by atoms with van der Waals surface area (Å²) >= 11 is 0. The average molecular weight is 431 g/mol. The first-order chi connectivity index (χ1) is 14.3. The summed E-state index contributed by atoms with van der Waals surface area (Å²) in [5, 5.41) is 0. The molecule has 1 aliphatic heterocycles. The predicted octanol–water partition coefficient (Wildman–Crippen LogP) is 3.04. The normalized spacial score (nSPS) is 16.8. The number of rotatable bonds is 7. The molecule has 1 amide bonds. The number of carbonyl (C=O) groups excluding carboxylic acids is 1. The molecule has 0 aliphatic carbocycles. The van der Waals surface area contributed by atoms with E-state index in [2.05, 4.69) is 0 Å². The van der Waals surface area contributed by atoms with E-state index in [0.29, 0.717) is 32.5 Å². The summed E-state index contributed by atoms with van der Waals surface area (Å²) in [5.41, 5.74) is 1.24. The summed E-state index contributed by atoms with van der Waals surface area (Å²) in [4.78, 5) is 15.5. The molecule has 2 aromatic carbocycles. The average Bonchev–Trinajstić information content (AvgIpc) is 2.79. The van der Waals surface area contributed by atoms with Crippen molar-refractivity contribution in [1.29, 1.82) is 0 Å². The molecule has 0 bridgehead atoms. The van der Waals surface area contributed by atoms with Crippen LogP contribution < -0.4 is 4.74 Å². The van der Waals surface area contributed by atoms with Gasteiger partial charge in [0.15, 0.2) is 0 Å². The van der Waals surface area contributed by atoms with E-state index in [1.165, 1.54) is 4.31 Å². The number of benzene rings is 2. The van der Waals surface area contributed by atoms with Crippen LogP contribution in [0.15, 0.2) is 54.6 Å². The molecule has 6 nitrogen and oxygen atoms in total. The molecule has 3 rings (SSSR count). The number of nitrogens with zero attached hydrogens (tertiary/aromatic N) is 2. The van der Waals surface area contributed by atoms with E-state index in [1.54, 1.807) is 18.9 Å². The quantitative estimate of drug-likeness (QED) is 0.677. The number of piperidine rings is 1. The molecule has 7 heteroatoms. The van der Waals surface area contributed by atoms with Crippen molar-refractivity contribution in [2.75, 3.05) is 33.0 Å². The number of sulfonamides is 1. The molecule has 0 aromatic heterocycles. The van der Waals surface area contributed by atoms with Crippen LogP contribution in [0.3, 0.4) is 0 Å². The lowest BCUT2D eigenvalue weighted by molar-refractivity contribution is -0.138. The zero-order valence-electron chi connectivity index (χ0n) is 17.9. The van der Waals surface area contributed by atoms with E-state index in [9.17, 15) is 13.2 Å². The van der Waals surface area contributed by atoms with Gasteiger partial charge in [-0.3, -0.25) is 4.79 Å². The van der Waals surface area contributed by atoms with Gasteiger partial charge in [0.2, 0.25) is 15.9 Å². The van der Waals surface area contributed by atoms with Crippen LogP contribution in [0.2, 0.25) is 0 Å². The number of likely N-dealkylation sites (N-methyl/N-ethyl adjacent to an activating group) is 1. The monoisotopic (exact) mass is 430 g/mol. The van der Waals surface area contributed by atoms with Crippen molar-refractivity contribution in [3.8, 4) is 5.75 Å². The Morgan fingerprint density at radius 1 is 1.07 bits per heavy atom. The topological polar surface area (TPSA) is 66.9 Å². The lowest BCUT2D eigenvalue weighted by Gasteiger charge is -2.42. The van der Waals surface area contributed by atoms with E-state index in [-0.39, 0.29) is 11.7 Å². The summed E-state index contributed by atoms with van der Waals surface area (Å²) < 4.78 is 31.4. The van der Waals surface area contributed by atoms with Crippen LogP contribution in [-0.4, -0.2) is 56.5 Å². The highest BCUT2D eigenvalue weighted by Gasteiger charge is 2.45. The van der Waals surface area contributed by atoms with Crippen LogP contribution in [0.1, 0.15) is 30.9 Å². The van der Waals surface area contributed by atoms with Gasteiger partial charge < -0.3 is 9.64 Å². The highest BCUT2D eigenvalue weighted by Crippen LogP contribution is 2.38. The molecule has 0 spiro atoms. The maximum Gasteiger partial charge on any atom is 0.233 e. The maximum atomic E-state index is 13.7. The van der Waals surface area contributed by atoms with E-state index < -0.39 is 15.4 Å². The molecule has 0 N–H and O–H groups in total. The molecule has 162 valence electrons. The Bertz CT molecular complexity index is 950. The number of amides is 1. The number of hydrogen-bond donors (Lipinski definition) is 0. The molecule has 1 saturated heterocycles. The van der Waals surface area contributed by atoms with Crippen LogP contribution in [0, 0.1) is 0 Å². The lowest BCUT2D eigenvalue weighted by Crippen LogP contribution is -2.53. The zero-order valence-corrected chi connectivity index (χ0v) is 18.7. The Kier molecular flexibility index (Phi) is 6.83. The number of ether oxygens (including phenoxy) is 1. The van der Waals surface area contributed by atoms with E-state index >= 15 is 0 Å². The highest BCUT2D eigenvalue weighted by molar-refractivity contribution is 7.89. The van der Waals surface area contributed by atoms with Gasteiger partial charge >= 0.3 is 0 Å². The van der Waals surface area contributed by atoms with Gasteiger partial charge in [0.05, 0.1) is 18.3 Å². The van der Waals surface area contributed by atoms with Gasteiger partial charge in [-0.25, -0.2) is 12.7 Å². The molecule has 0 saturated carbocycles. The van der Waals surface area contributed by atoms with Gasteiger partial charge in [-0.05, 0) is 43.0 Å². The van der Waals surface area contributed by atoms with Crippen LogP contribution in [-0.2, 0) is 26.8 Å². The van der Waals surface area contributed by atoms with Gasteiger partial charge in [0.1, 0.15) is 5.75 Å². The second-order valence-electron chi connectivity index (χ2n) is 7.76. The molecular formula is C23H30N2O4S. The Morgan fingerprint density at radius 3 is 2.20 bits per heavy atom. The Balaban J connectivity index is 1.84. The molecule has 0 unspecified atom stereocenters. The van der Waals surface area contributed by atoms with Crippen LogP contribution in [0.4, 0.5) is 0 Å². The van der Waals surface area contributed by atoms with Crippen LogP contribution >= 0.6 is 0 Å². The van der Waals surface area contributed by atoms with Crippen molar-refractivity contribution in [1.82, 2.24) is 9.21 Å². The van der Waals surface area contributed by atoms with Crippen molar-refractivity contribution in [3.05, 3.63) is 65.7 Å². The fourth-order valence-electron chi connectivity index (χ4n) is 4.15. The molecule has 0 atom stereocenters. The molecule has 1 fully saturated rings. The minimum Gasteiger partial charge on any atom is -0.497 e. The number of carbonyl (C=O) groups is 1. The maximum absolute atomic E-state index is 13.7. The van der Waals surface area contributed by atoms with Crippen molar-refractivity contribution in [3.63, 3.8) is 0 Å². The standard InChI is InChI=1S/C23H30N2O4S/c1-4-30(27,28)25-16-14-23(15-17-25,20-8-6-5-7-9-20)22(26)24(2)18-19-10-12-21(29-3)13-11-19/h5-13H,4,14-18H2,1-3H3. The lowest BCUT2D eigenvalue weighted by atomic mass is 9.72. The van der Waals surface area contributed by atoms with Crippen LogP contribution in [0.25, 0.3) is 0 Å². The third-order valence-corrected chi connectivity index (χ3v) is 7.88. The molecule has 1 aliphatic rings. The van der Waals surface area contributed by atoms with Gasteiger partial charge in [0.25, 0.3) is 0 Å². The van der Waals surface area contributed by atoms with Crippen LogP contribution in [0.5, 0.6) is 5.75 Å². The number of methoxy groups -OCH3 is 1. The smallest absolute Gasteiger partial charge is 0.233 e. The van der Waals surface area contributed by atoms with Gasteiger partial charge in [-0.15, -0.1) is 0 Å². The minimum atomic E-state index is -3.26. The summed E-state index contributed by atoms with van der Waals surface area (Å²) in [5.74, 6) is 0.882. The summed E-state index contributed by atoms with van der Waals surface area (Å²) in [6, 6.07) is 17.4. The van der Waals surface area contributed by atoms with Crippen molar-refractivity contribution in [2.24, 2.45) is 0 Å². The minimum absolute atomic E-state index is 0.0260. The Labute approximate surface area is 179 Å². The zero-order chi connectivity index (χ0) is 21.8. The van der Waals surface area contributed by atoms with E-state index in [4.69, 9.17) is 4.74 Å². The van der Waals surface area contributed by atoms with Crippen molar-refractivity contribution >= 4 is 15.9 Å². The van der Waals surface area contributed by atoms with E-state index in [1.807, 2.05) is 61.6 Å². The van der Waals surface area contributed by atoms with E-state index in [0.717, 1.165) is 16.9 Å². The second-order valence-corrected chi connectivity index (χ2v) is 10.0. The Morgan fingerprint density at radius 2 is 1.67 bits per heavy atom. The largest absolute Gasteiger partial charge is 0.497 e. The van der Waals surface area contributed by atoms with Crippen molar-refractivity contribution in [2.45, 2.75) is 31.7 Å². The van der Waals surface area contributed by atoms with Gasteiger partial charge in [-0.2, -0.15) is 0 Å². The summed E-state index contributed by atoms with van der Waals surface area (Å²) in [7, 11) is 0.178. The first-order valence-electron chi connectivity index (χ1n) is 10.2. The first-order valence-corrected chi connectivity index (χ1v) is 11.8. The fraction of sp³-hybridized carbons (Fsp3) is 0.435. The van der Waals surface area contributed by atoms with Gasteiger partial charge in [-0.1, -0.05) is 42.5 Å². The van der Waals surface area contributed by atoms with Crippen molar-refractivity contribution < 1.29 is 17.9 Å². The third-order valence-electron chi connectivity index (χ3n) is 6.00. The van der Waals surface area contributed by atoms with Gasteiger partial charge in [0, 0.05) is 26.7 Å². The number of hydrogen-bond acceptors (Lipinski definition) is 4.